The first kappa shape index (κ1) is 9.62. The lowest BCUT2D eigenvalue weighted by molar-refractivity contribution is 0.0342. The number of morpholine rings is 1. The van der Waals surface area contributed by atoms with Crippen LogP contribution < -0.4 is 0 Å². The molecule has 14 heavy (non-hydrogen) atoms. The van der Waals surface area contributed by atoms with Gasteiger partial charge in [-0.05, 0) is 17.7 Å². The maximum atomic E-state index is 12.6. The molecule has 0 saturated carbocycles. The quantitative estimate of drug-likeness (QED) is 0.711. The summed E-state index contributed by atoms with van der Waals surface area (Å²) in [5.41, 5.74) is 1.16. The summed E-state index contributed by atoms with van der Waals surface area (Å²) >= 11 is 0. The van der Waals surface area contributed by atoms with Crippen molar-refractivity contribution in [3.05, 3.63) is 35.6 Å². The molecule has 1 aromatic rings. The molecule has 1 heterocycles. The first-order valence-corrected chi connectivity index (χ1v) is 4.89. The zero-order valence-electron chi connectivity index (χ0n) is 8.08. The van der Waals surface area contributed by atoms with Crippen molar-refractivity contribution in [1.29, 1.82) is 0 Å². The molecule has 2 rings (SSSR count). The van der Waals surface area contributed by atoms with Crippen LogP contribution in [-0.2, 0) is 11.3 Å². The smallest absolute Gasteiger partial charge is 0.123 e. The van der Waals surface area contributed by atoms with E-state index in [-0.39, 0.29) is 5.82 Å². The van der Waals surface area contributed by atoms with E-state index in [2.05, 4.69) is 4.90 Å². The van der Waals surface area contributed by atoms with E-state index in [1.807, 2.05) is 12.1 Å². The van der Waals surface area contributed by atoms with Crippen molar-refractivity contribution in [2.24, 2.45) is 0 Å². The second-order valence-electron chi connectivity index (χ2n) is 3.51. The highest BCUT2D eigenvalue weighted by Gasteiger charge is 2.10. The Morgan fingerprint density at radius 2 is 1.79 bits per heavy atom. The highest BCUT2D eigenvalue weighted by Crippen LogP contribution is 2.07. The minimum absolute atomic E-state index is 0.171. The van der Waals surface area contributed by atoms with Gasteiger partial charge in [-0.1, -0.05) is 12.1 Å². The number of hydrogen-bond donors (Lipinski definition) is 0. The molecule has 2 nitrogen and oxygen atoms in total. The molecule has 76 valence electrons. The third-order valence-corrected chi connectivity index (χ3v) is 2.42. The van der Waals surface area contributed by atoms with Crippen LogP contribution in [0.15, 0.2) is 24.3 Å². The second-order valence-corrected chi connectivity index (χ2v) is 3.51. The topological polar surface area (TPSA) is 12.5 Å². The molecule has 1 fully saturated rings. The molecule has 0 N–H and O–H groups in total. The SMILES string of the molecule is Fc1ccc(CN2CCOCC2)cc1. The van der Waals surface area contributed by atoms with Crippen molar-refractivity contribution in [3.8, 4) is 0 Å². The molecule has 0 unspecified atom stereocenters. The molecule has 0 aromatic heterocycles. The zero-order chi connectivity index (χ0) is 9.80. The molecular weight excluding hydrogens is 181 g/mol. The Kier molecular flexibility index (Phi) is 3.11. The average molecular weight is 195 g/mol. The van der Waals surface area contributed by atoms with Crippen molar-refractivity contribution in [3.63, 3.8) is 0 Å². The summed E-state index contributed by atoms with van der Waals surface area (Å²) < 4.78 is 17.9. The third kappa shape index (κ3) is 2.53. The molecule has 1 saturated heterocycles. The fraction of sp³-hybridized carbons (Fsp3) is 0.455. The monoisotopic (exact) mass is 195 g/mol. The van der Waals surface area contributed by atoms with E-state index >= 15 is 0 Å². The first-order chi connectivity index (χ1) is 6.84. The standard InChI is InChI=1S/C11H14FNO/c12-11-3-1-10(2-4-11)9-13-5-7-14-8-6-13/h1-4H,5-9H2. The van der Waals surface area contributed by atoms with Crippen LogP contribution in [0, 0.1) is 5.82 Å². The van der Waals surface area contributed by atoms with Crippen LogP contribution in [0.1, 0.15) is 5.56 Å². The lowest BCUT2D eigenvalue weighted by atomic mass is 10.2. The van der Waals surface area contributed by atoms with Crippen LogP contribution in [0.25, 0.3) is 0 Å². The maximum Gasteiger partial charge on any atom is 0.123 e. The molecule has 0 bridgehead atoms. The van der Waals surface area contributed by atoms with E-state index in [4.69, 9.17) is 4.74 Å². The normalized spacial score (nSPS) is 18.4. The Hall–Kier alpha value is -0.930. The van der Waals surface area contributed by atoms with Gasteiger partial charge in [-0.2, -0.15) is 0 Å². The van der Waals surface area contributed by atoms with Gasteiger partial charge in [-0.25, -0.2) is 4.39 Å². The molecule has 1 aromatic carbocycles. The van der Waals surface area contributed by atoms with Crippen LogP contribution in [-0.4, -0.2) is 31.2 Å². The van der Waals surface area contributed by atoms with Gasteiger partial charge < -0.3 is 4.74 Å². The molecule has 1 aliphatic heterocycles. The summed E-state index contributed by atoms with van der Waals surface area (Å²) in [4.78, 5) is 2.32. The van der Waals surface area contributed by atoms with Gasteiger partial charge >= 0.3 is 0 Å². The molecule has 0 atom stereocenters. The van der Waals surface area contributed by atoms with Gasteiger partial charge in [0.25, 0.3) is 0 Å². The van der Waals surface area contributed by atoms with Gasteiger partial charge in [-0.15, -0.1) is 0 Å². The van der Waals surface area contributed by atoms with Crippen LogP contribution in [0.5, 0.6) is 0 Å². The van der Waals surface area contributed by atoms with Crippen LogP contribution >= 0.6 is 0 Å². The molecule has 0 radical (unpaired) electrons. The molecule has 0 spiro atoms. The number of ether oxygens (including phenoxy) is 1. The molecule has 3 heteroatoms. The Labute approximate surface area is 83.3 Å². The fourth-order valence-electron chi connectivity index (χ4n) is 1.61. The van der Waals surface area contributed by atoms with Gasteiger partial charge in [0.15, 0.2) is 0 Å². The predicted molar refractivity (Wildman–Crippen MR) is 52.5 cm³/mol. The predicted octanol–water partition coefficient (Wildman–Crippen LogP) is 1.66. The summed E-state index contributed by atoms with van der Waals surface area (Å²) in [6, 6.07) is 6.70. The Balaban J connectivity index is 1.92. The van der Waals surface area contributed by atoms with Gasteiger partial charge in [0.1, 0.15) is 5.82 Å². The summed E-state index contributed by atoms with van der Waals surface area (Å²) in [5, 5.41) is 0. The zero-order valence-corrected chi connectivity index (χ0v) is 8.08. The number of hydrogen-bond acceptors (Lipinski definition) is 2. The van der Waals surface area contributed by atoms with Gasteiger partial charge in [0.05, 0.1) is 13.2 Å². The van der Waals surface area contributed by atoms with Crippen molar-refractivity contribution in [1.82, 2.24) is 4.90 Å². The lowest BCUT2D eigenvalue weighted by Crippen LogP contribution is -2.35. The highest BCUT2D eigenvalue weighted by atomic mass is 19.1. The van der Waals surface area contributed by atoms with Crippen LogP contribution in [0.4, 0.5) is 4.39 Å². The average Bonchev–Trinajstić information content (AvgIpc) is 2.23. The van der Waals surface area contributed by atoms with Crippen molar-refractivity contribution >= 4 is 0 Å². The van der Waals surface area contributed by atoms with Crippen LogP contribution in [0.3, 0.4) is 0 Å². The molecule has 0 aliphatic carbocycles. The number of halogens is 1. The molecule has 1 aliphatic rings. The first-order valence-electron chi connectivity index (χ1n) is 4.89. The Morgan fingerprint density at radius 1 is 1.14 bits per heavy atom. The largest absolute Gasteiger partial charge is 0.379 e. The molecular formula is C11H14FNO. The van der Waals surface area contributed by atoms with Crippen LogP contribution in [0.2, 0.25) is 0 Å². The summed E-state index contributed by atoms with van der Waals surface area (Å²) in [6.07, 6.45) is 0. The fourth-order valence-corrected chi connectivity index (χ4v) is 1.61. The Morgan fingerprint density at radius 3 is 2.43 bits per heavy atom. The number of benzene rings is 1. The second kappa shape index (κ2) is 4.53. The van der Waals surface area contributed by atoms with Crippen molar-refractivity contribution in [2.45, 2.75) is 6.54 Å². The van der Waals surface area contributed by atoms with Gasteiger partial charge in [0.2, 0.25) is 0 Å². The van der Waals surface area contributed by atoms with E-state index in [0.717, 1.165) is 38.4 Å². The minimum Gasteiger partial charge on any atom is -0.379 e. The van der Waals surface area contributed by atoms with Crippen molar-refractivity contribution in [2.75, 3.05) is 26.3 Å². The summed E-state index contributed by atoms with van der Waals surface area (Å²) in [7, 11) is 0. The van der Waals surface area contributed by atoms with E-state index in [1.165, 1.54) is 12.1 Å². The lowest BCUT2D eigenvalue weighted by Gasteiger charge is -2.26. The van der Waals surface area contributed by atoms with E-state index in [1.54, 1.807) is 0 Å². The number of nitrogens with zero attached hydrogens (tertiary/aromatic N) is 1. The third-order valence-electron chi connectivity index (χ3n) is 2.42. The van der Waals surface area contributed by atoms with E-state index in [9.17, 15) is 4.39 Å². The minimum atomic E-state index is -0.171. The van der Waals surface area contributed by atoms with Gasteiger partial charge in [0, 0.05) is 19.6 Å². The number of rotatable bonds is 2. The van der Waals surface area contributed by atoms with Crippen molar-refractivity contribution < 1.29 is 9.13 Å². The summed E-state index contributed by atoms with van der Waals surface area (Å²) in [6.45, 7) is 4.45. The highest BCUT2D eigenvalue weighted by molar-refractivity contribution is 5.15. The van der Waals surface area contributed by atoms with E-state index in [0.29, 0.717) is 0 Å². The molecule has 0 amide bonds. The Bertz CT molecular complexity index is 280. The summed E-state index contributed by atoms with van der Waals surface area (Å²) in [5.74, 6) is -0.171. The van der Waals surface area contributed by atoms with E-state index < -0.39 is 0 Å². The van der Waals surface area contributed by atoms with Gasteiger partial charge in [-0.3, -0.25) is 4.90 Å². The maximum absolute atomic E-state index is 12.6.